The molecule has 1 rings (SSSR count). The summed E-state index contributed by atoms with van der Waals surface area (Å²) in [5.41, 5.74) is 0.905. The maximum absolute atomic E-state index is 12.1. The highest BCUT2D eigenvalue weighted by Gasteiger charge is 2.15. The number of hydrogen-bond donors (Lipinski definition) is 4. The highest BCUT2D eigenvalue weighted by atomic mass is 16.5. The van der Waals surface area contributed by atoms with E-state index in [0.29, 0.717) is 78.0 Å². The standard InChI is InChI=1S/C30H51N5O9/c1-3-29(39)32-11-13-41-16-18-44-22-30(40)33-12-14-42-15-17-43-21-27(38)7-5-4-6-8-28(24(2)36)34-20-26(37)10-9-25-19-31-23-35-25/h19,23,28,34H,3-18,20-22H2,1-2H3,(H,31,35)(H,32,39)(H,33,40)/t28-/m0/s1. The number of Topliss-reactive ketones (excluding diaryl/α,β-unsaturated/α-hetero) is 3. The van der Waals surface area contributed by atoms with E-state index in [1.807, 2.05) is 0 Å². The number of ether oxygens (including phenoxy) is 4. The summed E-state index contributed by atoms with van der Waals surface area (Å²) in [6.07, 6.45) is 8.00. The normalized spacial score (nSPS) is 11.7. The van der Waals surface area contributed by atoms with E-state index in [1.54, 1.807) is 19.4 Å². The number of nitrogens with one attached hydrogen (secondary N) is 4. The molecule has 0 unspecified atom stereocenters. The van der Waals surface area contributed by atoms with Crippen LogP contribution in [0, 0.1) is 0 Å². The molecule has 14 nitrogen and oxygen atoms in total. The maximum Gasteiger partial charge on any atom is 0.246 e. The number of H-pyrrole nitrogens is 1. The van der Waals surface area contributed by atoms with Crippen LogP contribution in [0.15, 0.2) is 12.5 Å². The van der Waals surface area contributed by atoms with E-state index in [0.717, 1.165) is 18.5 Å². The minimum absolute atomic E-state index is 0.000753. The molecule has 0 aliphatic carbocycles. The van der Waals surface area contributed by atoms with Gasteiger partial charge in [-0.1, -0.05) is 19.8 Å². The molecular formula is C30H51N5O9. The Morgan fingerprint density at radius 2 is 1.45 bits per heavy atom. The quantitative estimate of drug-likeness (QED) is 0.0881. The number of unbranched alkanes of at least 4 members (excludes halogenated alkanes) is 2. The molecule has 0 aliphatic rings. The summed E-state index contributed by atoms with van der Waals surface area (Å²) in [5.74, 6) is -0.232. The Bertz CT molecular complexity index is 943. The summed E-state index contributed by atoms with van der Waals surface area (Å²) in [7, 11) is 0. The van der Waals surface area contributed by atoms with Gasteiger partial charge >= 0.3 is 0 Å². The van der Waals surface area contributed by atoms with Gasteiger partial charge in [-0.15, -0.1) is 0 Å². The summed E-state index contributed by atoms with van der Waals surface area (Å²) in [5, 5.41) is 8.44. The monoisotopic (exact) mass is 625 g/mol. The number of imidazole rings is 1. The fourth-order valence-electron chi connectivity index (χ4n) is 3.88. The minimum Gasteiger partial charge on any atom is -0.377 e. The van der Waals surface area contributed by atoms with Crippen molar-refractivity contribution < 1.29 is 42.9 Å². The Labute approximate surface area is 260 Å². The van der Waals surface area contributed by atoms with Crippen LogP contribution in [0.25, 0.3) is 0 Å². The lowest BCUT2D eigenvalue weighted by Crippen LogP contribution is -2.38. The van der Waals surface area contributed by atoms with Crippen LogP contribution < -0.4 is 16.0 Å². The van der Waals surface area contributed by atoms with Gasteiger partial charge in [0.15, 0.2) is 5.78 Å². The molecule has 0 radical (unpaired) electrons. The van der Waals surface area contributed by atoms with E-state index in [4.69, 9.17) is 18.9 Å². The third-order valence-electron chi connectivity index (χ3n) is 6.41. The van der Waals surface area contributed by atoms with Crippen LogP contribution in [0.4, 0.5) is 0 Å². The second-order valence-corrected chi connectivity index (χ2v) is 10.2. The van der Waals surface area contributed by atoms with Crippen molar-refractivity contribution in [3.05, 3.63) is 18.2 Å². The van der Waals surface area contributed by atoms with Crippen molar-refractivity contribution in [2.45, 2.75) is 71.3 Å². The molecule has 0 aromatic carbocycles. The molecule has 0 aliphatic heterocycles. The van der Waals surface area contributed by atoms with E-state index < -0.39 is 0 Å². The number of aryl methyl sites for hydroxylation is 1. The molecule has 1 aromatic rings. The van der Waals surface area contributed by atoms with Crippen LogP contribution in [-0.2, 0) is 49.3 Å². The highest BCUT2D eigenvalue weighted by Crippen LogP contribution is 2.08. The SMILES string of the molecule is CCC(=O)NCCOCCOCC(=O)NCCOCCOCC(=O)CCCCC[C@H](NCC(=O)CCc1cnc[nH]1)C(C)=O. The molecule has 250 valence electrons. The number of carbonyl (C=O) groups is 5. The van der Waals surface area contributed by atoms with E-state index in [9.17, 15) is 24.0 Å². The Kier molecular flexibility index (Phi) is 23.4. The van der Waals surface area contributed by atoms with Crippen molar-refractivity contribution in [3.8, 4) is 0 Å². The van der Waals surface area contributed by atoms with Gasteiger partial charge in [-0.2, -0.15) is 0 Å². The average molecular weight is 626 g/mol. The number of ketones is 3. The molecule has 1 heterocycles. The molecule has 4 N–H and O–H groups in total. The molecule has 14 heteroatoms. The first-order valence-electron chi connectivity index (χ1n) is 15.4. The average Bonchev–Trinajstić information content (AvgIpc) is 3.53. The molecule has 0 saturated heterocycles. The van der Waals surface area contributed by atoms with Crippen molar-refractivity contribution in [3.63, 3.8) is 0 Å². The van der Waals surface area contributed by atoms with Gasteiger partial charge in [0.05, 0.1) is 58.6 Å². The van der Waals surface area contributed by atoms with Crippen molar-refractivity contribution in [2.24, 2.45) is 0 Å². The first-order valence-corrected chi connectivity index (χ1v) is 15.4. The summed E-state index contributed by atoms with van der Waals surface area (Å²) in [6, 6.07) is -0.365. The molecule has 0 spiro atoms. The second-order valence-electron chi connectivity index (χ2n) is 10.2. The third kappa shape index (κ3) is 22.5. The fourth-order valence-corrected chi connectivity index (χ4v) is 3.88. The largest absolute Gasteiger partial charge is 0.377 e. The lowest BCUT2D eigenvalue weighted by atomic mass is 10.0. The van der Waals surface area contributed by atoms with Gasteiger partial charge in [-0.3, -0.25) is 24.0 Å². The number of aromatic amines is 1. The first kappa shape index (κ1) is 39.0. The van der Waals surface area contributed by atoms with Crippen molar-refractivity contribution >= 4 is 29.2 Å². The highest BCUT2D eigenvalue weighted by molar-refractivity contribution is 5.84. The molecular weight excluding hydrogens is 574 g/mol. The molecule has 1 atom stereocenters. The van der Waals surface area contributed by atoms with Crippen LogP contribution in [0.1, 0.15) is 64.5 Å². The second kappa shape index (κ2) is 26.4. The van der Waals surface area contributed by atoms with Gasteiger partial charge in [0.1, 0.15) is 24.8 Å². The zero-order valence-corrected chi connectivity index (χ0v) is 26.3. The third-order valence-corrected chi connectivity index (χ3v) is 6.41. The number of hydrogen-bond acceptors (Lipinski definition) is 11. The molecule has 44 heavy (non-hydrogen) atoms. The van der Waals surface area contributed by atoms with E-state index >= 15 is 0 Å². The van der Waals surface area contributed by atoms with E-state index in [2.05, 4.69) is 25.9 Å². The number of carbonyl (C=O) groups excluding carboxylic acids is 5. The van der Waals surface area contributed by atoms with Gasteiger partial charge in [0.2, 0.25) is 11.8 Å². The Balaban J connectivity index is 1.91. The van der Waals surface area contributed by atoms with Crippen molar-refractivity contribution in [2.75, 3.05) is 72.5 Å². The number of nitrogens with zero attached hydrogens (tertiary/aromatic N) is 1. The number of aromatic nitrogens is 2. The zero-order chi connectivity index (χ0) is 32.3. The maximum atomic E-state index is 12.1. The van der Waals surface area contributed by atoms with Gasteiger partial charge in [0.25, 0.3) is 0 Å². The summed E-state index contributed by atoms with van der Waals surface area (Å²) >= 11 is 0. The van der Waals surface area contributed by atoms with E-state index in [-0.39, 0.29) is 68.2 Å². The summed E-state index contributed by atoms with van der Waals surface area (Å²) in [6.45, 7) is 6.06. The van der Waals surface area contributed by atoms with Crippen LogP contribution >= 0.6 is 0 Å². The molecule has 2 amide bonds. The molecule has 0 fully saturated rings. The van der Waals surface area contributed by atoms with E-state index in [1.165, 1.54) is 6.92 Å². The van der Waals surface area contributed by atoms with Gasteiger partial charge < -0.3 is 39.9 Å². The number of rotatable bonds is 30. The molecule has 0 bridgehead atoms. The lowest BCUT2D eigenvalue weighted by Gasteiger charge is -2.15. The van der Waals surface area contributed by atoms with Crippen LogP contribution in [-0.4, -0.2) is 118 Å². The van der Waals surface area contributed by atoms with Crippen LogP contribution in [0.5, 0.6) is 0 Å². The predicted octanol–water partition coefficient (Wildman–Crippen LogP) is 0.687. The van der Waals surface area contributed by atoms with Crippen molar-refractivity contribution in [1.29, 1.82) is 0 Å². The fraction of sp³-hybridized carbons (Fsp3) is 0.733. The lowest BCUT2D eigenvalue weighted by molar-refractivity contribution is -0.127. The number of amides is 2. The Morgan fingerprint density at radius 3 is 2.09 bits per heavy atom. The van der Waals surface area contributed by atoms with Crippen molar-refractivity contribution in [1.82, 2.24) is 25.9 Å². The topological polar surface area (TPSA) is 187 Å². The summed E-state index contributed by atoms with van der Waals surface area (Å²) in [4.78, 5) is 65.8. The Morgan fingerprint density at radius 1 is 0.795 bits per heavy atom. The Hall–Kier alpha value is -3.04. The van der Waals surface area contributed by atoms with Crippen LogP contribution in [0.2, 0.25) is 0 Å². The van der Waals surface area contributed by atoms with Crippen LogP contribution in [0.3, 0.4) is 0 Å². The molecule has 1 aromatic heterocycles. The zero-order valence-electron chi connectivity index (χ0n) is 26.3. The first-order chi connectivity index (χ1) is 21.3. The van der Waals surface area contributed by atoms with Gasteiger partial charge in [0, 0.05) is 44.2 Å². The molecule has 0 saturated carbocycles. The van der Waals surface area contributed by atoms with Gasteiger partial charge in [-0.05, 0) is 26.2 Å². The predicted molar refractivity (Wildman–Crippen MR) is 162 cm³/mol. The minimum atomic E-state index is -0.365. The van der Waals surface area contributed by atoms with Gasteiger partial charge in [-0.25, -0.2) is 4.98 Å². The summed E-state index contributed by atoms with van der Waals surface area (Å²) < 4.78 is 21.3. The smallest absolute Gasteiger partial charge is 0.246 e.